The molecule has 0 saturated carbocycles. The van der Waals surface area contributed by atoms with Gasteiger partial charge >= 0.3 is 0 Å². The molecule has 1 atom stereocenters. The van der Waals surface area contributed by atoms with Crippen LogP contribution in [0.15, 0.2) is 102 Å². The summed E-state index contributed by atoms with van der Waals surface area (Å²) in [4.78, 5) is 2.63. The molecule has 1 aliphatic heterocycles. The van der Waals surface area contributed by atoms with E-state index >= 15 is 0 Å². The molecule has 0 bridgehead atoms. The van der Waals surface area contributed by atoms with Crippen molar-refractivity contribution in [3.63, 3.8) is 0 Å². The Kier molecular flexibility index (Phi) is 5.52. The van der Waals surface area contributed by atoms with Gasteiger partial charge < -0.3 is 16.0 Å². The lowest BCUT2D eigenvalue weighted by Crippen LogP contribution is -2.48. The van der Waals surface area contributed by atoms with Gasteiger partial charge in [0.25, 0.3) is 0 Å². The van der Waals surface area contributed by atoms with Crippen LogP contribution in [0.25, 0.3) is 0 Å². The van der Waals surface area contributed by atoms with Gasteiger partial charge in [0.05, 0.1) is 6.67 Å². The highest BCUT2D eigenvalue weighted by Gasteiger charge is 2.46. The molecule has 0 fully saturated rings. The van der Waals surface area contributed by atoms with Crippen LogP contribution in [0.1, 0.15) is 42.4 Å². The highest BCUT2D eigenvalue weighted by molar-refractivity contribution is 5.51. The number of benzene rings is 3. The highest BCUT2D eigenvalue weighted by atomic mass is 15.3. The lowest BCUT2D eigenvalue weighted by atomic mass is 9.74. The molecule has 31 heavy (non-hydrogen) atoms. The van der Waals surface area contributed by atoms with E-state index in [1.807, 2.05) is 0 Å². The van der Waals surface area contributed by atoms with E-state index in [0.717, 1.165) is 32.5 Å². The third-order valence-electron chi connectivity index (χ3n) is 6.96. The van der Waals surface area contributed by atoms with Crippen LogP contribution in [0.4, 0.5) is 0 Å². The monoisotopic (exact) mass is 409 g/mol. The Morgan fingerprint density at radius 3 is 1.81 bits per heavy atom. The summed E-state index contributed by atoms with van der Waals surface area (Å²) in [6.45, 7) is 1.58. The van der Waals surface area contributed by atoms with Crippen LogP contribution in [0.2, 0.25) is 0 Å². The van der Waals surface area contributed by atoms with E-state index in [1.165, 1.54) is 34.5 Å². The number of hydrogen-bond acceptors (Lipinski definition) is 3. The van der Waals surface area contributed by atoms with Gasteiger partial charge in [-0.3, -0.25) is 0 Å². The molecule has 0 radical (unpaired) electrons. The zero-order chi connectivity index (χ0) is 21.1. The first-order valence-electron chi connectivity index (χ1n) is 11.4. The molecule has 3 aromatic rings. The fourth-order valence-corrected chi connectivity index (χ4v) is 5.53. The molecule has 1 unspecified atom stereocenters. The molecule has 3 aromatic carbocycles. The topological polar surface area (TPSA) is 41.3 Å². The second kappa shape index (κ2) is 8.60. The molecule has 5 rings (SSSR count). The maximum absolute atomic E-state index is 5.94. The van der Waals surface area contributed by atoms with E-state index in [1.54, 1.807) is 0 Å². The van der Waals surface area contributed by atoms with Crippen molar-refractivity contribution in [3.05, 3.63) is 119 Å². The van der Waals surface area contributed by atoms with Crippen molar-refractivity contribution < 1.29 is 0 Å². The Balaban J connectivity index is 1.74. The molecular formula is C28H31N3. The average Bonchev–Trinajstić information content (AvgIpc) is 3.26. The lowest BCUT2D eigenvalue weighted by molar-refractivity contribution is 0.205. The molecule has 0 amide bonds. The first-order valence-corrected chi connectivity index (χ1v) is 11.4. The molecule has 0 saturated heterocycles. The van der Waals surface area contributed by atoms with E-state index in [9.17, 15) is 0 Å². The Bertz CT molecular complexity index is 931. The summed E-state index contributed by atoms with van der Waals surface area (Å²) in [5, 5.41) is 3.76. The zero-order valence-corrected chi connectivity index (χ0v) is 18.0. The predicted molar refractivity (Wildman–Crippen MR) is 127 cm³/mol. The number of nitrogens with zero attached hydrogens (tertiary/aromatic N) is 1. The predicted octanol–water partition coefficient (Wildman–Crippen LogP) is 5.20. The number of rotatable bonds is 6. The van der Waals surface area contributed by atoms with Crippen LogP contribution in [0.3, 0.4) is 0 Å². The molecule has 1 aliphatic carbocycles. The third-order valence-corrected chi connectivity index (χ3v) is 6.96. The Labute approximate surface area is 185 Å². The van der Waals surface area contributed by atoms with Crippen molar-refractivity contribution in [2.75, 3.05) is 13.2 Å². The number of nitrogens with one attached hydrogen (secondary N) is 1. The molecule has 0 aromatic heterocycles. The fourth-order valence-electron chi connectivity index (χ4n) is 5.53. The molecule has 3 nitrogen and oxygen atoms in total. The lowest BCUT2D eigenvalue weighted by Gasteiger charge is -2.46. The summed E-state index contributed by atoms with van der Waals surface area (Å²) in [7, 11) is 0. The Morgan fingerprint density at radius 1 is 0.806 bits per heavy atom. The number of nitrogens with two attached hydrogens (primary N) is 1. The van der Waals surface area contributed by atoms with Crippen molar-refractivity contribution in [2.24, 2.45) is 11.7 Å². The summed E-state index contributed by atoms with van der Waals surface area (Å²) < 4.78 is 0. The molecule has 1 heterocycles. The number of allylic oxidation sites excluding steroid dienone is 2. The largest absolute Gasteiger partial charge is 0.370 e. The second-order valence-corrected chi connectivity index (χ2v) is 8.68. The van der Waals surface area contributed by atoms with Crippen LogP contribution in [0.5, 0.6) is 0 Å². The van der Waals surface area contributed by atoms with Crippen molar-refractivity contribution in [3.8, 4) is 0 Å². The van der Waals surface area contributed by atoms with Crippen molar-refractivity contribution >= 4 is 0 Å². The molecular weight excluding hydrogens is 378 g/mol. The van der Waals surface area contributed by atoms with E-state index in [4.69, 9.17) is 5.73 Å². The summed E-state index contributed by atoms with van der Waals surface area (Å²) in [6.07, 6.45) is 4.53. The summed E-state index contributed by atoms with van der Waals surface area (Å²) >= 11 is 0. The van der Waals surface area contributed by atoms with Crippen molar-refractivity contribution in [1.29, 1.82) is 0 Å². The van der Waals surface area contributed by atoms with E-state index < -0.39 is 5.54 Å². The minimum Gasteiger partial charge on any atom is -0.370 e. The molecule has 2 aliphatic rings. The standard InChI is InChI=1S/C28H31N3/c29-19-18-22-16-17-26-27(20-22)31(21-30-26)28(23-10-4-1-5-11-23,24-12-6-2-7-13-24)25-14-8-3-9-15-25/h1-15,22,30H,16-21,29H2. The van der Waals surface area contributed by atoms with Crippen molar-refractivity contribution in [2.45, 2.75) is 31.2 Å². The minimum atomic E-state index is -0.390. The third kappa shape index (κ3) is 3.43. The average molecular weight is 410 g/mol. The second-order valence-electron chi connectivity index (χ2n) is 8.68. The molecule has 158 valence electrons. The quantitative estimate of drug-likeness (QED) is 0.550. The molecule has 0 spiro atoms. The van der Waals surface area contributed by atoms with Crippen LogP contribution in [-0.4, -0.2) is 18.1 Å². The van der Waals surface area contributed by atoms with Gasteiger partial charge in [0, 0.05) is 11.4 Å². The van der Waals surface area contributed by atoms with Crippen LogP contribution < -0.4 is 11.1 Å². The number of hydrogen-bond donors (Lipinski definition) is 2. The van der Waals surface area contributed by atoms with E-state index in [2.05, 4.69) is 101 Å². The van der Waals surface area contributed by atoms with Gasteiger partial charge in [-0.05, 0) is 54.8 Å². The maximum atomic E-state index is 5.94. The van der Waals surface area contributed by atoms with Gasteiger partial charge in [-0.2, -0.15) is 0 Å². The van der Waals surface area contributed by atoms with Crippen LogP contribution in [0, 0.1) is 5.92 Å². The Morgan fingerprint density at radius 2 is 1.32 bits per heavy atom. The SMILES string of the molecule is NCCC1CCC2=C(C1)N(C(c1ccccc1)(c1ccccc1)c1ccccc1)CN2. The smallest absolute Gasteiger partial charge is 0.118 e. The van der Waals surface area contributed by atoms with Crippen molar-refractivity contribution in [1.82, 2.24) is 10.2 Å². The Hall–Kier alpha value is -3.04. The highest BCUT2D eigenvalue weighted by Crippen LogP contribution is 2.48. The van der Waals surface area contributed by atoms with E-state index in [-0.39, 0.29) is 0 Å². The van der Waals surface area contributed by atoms with Gasteiger partial charge in [-0.15, -0.1) is 0 Å². The summed E-state index contributed by atoms with van der Waals surface area (Å²) in [5.74, 6) is 0.658. The van der Waals surface area contributed by atoms with Gasteiger partial charge in [-0.1, -0.05) is 91.0 Å². The summed E-state index contributed by atoms with van der Waals surface area (Å²) in [6, 6.07) is 32.9. The summed E-state index contributed by atoms with van der Waals surface area (Å²) in [5.41, 5.74) is 12.3. The van der Waals surface area contributed by atoms with Gasteiger partial charge in [0.2, 0.25) is 0 Å². The first kappa shape index (κ1) is 19.9. The van der Waals surface area contributed by atoms with Gasteiger partial charge in [-0.25, -0.2) is 0 Å². The maximum Gasteiger partial charge on any atom is 0.118 e. The minimum absolute atomic E-state index is 0.390. The van der Waals surface area contributed by atoms with E-state index in [0.29, 0.717) is 5.92 Å². The molecule has 3 N–H and O–H groups in total. The van der Waals surface area contributed by atoms with Gasteiger partial charge in [0.1, 0.15) is 5.54 Å². The first-order chi connectivity index (χ1) is 15.3. The van der Waals surface area contributed by atoms with Gasteiger partial charge in [0.15, 0.2) is 0 Å². The van der Waals surface area contributed by atoms with Crippen LogP contribution >= 0.6 is 0 Å². The van der Waals surface area contributed by atoms with Crippen LogP contribution in [-0.2, 0) is 5.54 Å². The normalized spacial score (nSPS) is 18.6. The molecule has 3 heteroatoms. The fraction of sp³-hybridized carbons (Fsp3) is 0.286. The zero-order valence-electron chi connectivity index (χ0n) is 18.0.